The molecule has 0 aliphatic carbocycles. The van der Waals surface area contributed by atoms with Gasteiger partial charge in [-0.1, -0.05) is 78.4 Å². The number of carbonyl (C=O) groups is 2. The number of benzene rings is 4. The molecule has 4 aromatic carbocycles. The van der Waals surface area contributed by atoms with Crippen LogP contribution in [0.15, 0.2) is 114 Å². The van der Waals surface area contributed by atoms with Crippen LogP contribution >= 0.6 is 0 Å². The Balaban J connectivity index is 1.80. The third-order valence-corrected chi connectivity index (χ3v) is 8.91. The van der Waals surface area contributed by atoms with E-state index in [0.29, 0.717) is 11.4 Å². The lowest BCUT2D eigenvalue weighted by Crippen LogP contribution is -2.54. The molecule has 1 atom stereocenters. The van der Waals surface area contributed by atoms with Crippen molar-refractivity contribution >= 4 is 27.5 Å². The van der Waals surface area contributed by atoms with E-state index in [0.717, 1.165) is 21.0 Å². The largest absolute Gasteiger partial charge is 0.497 e. The second-order valence-corrected chi connectivity index (χ2v) is 12.8. The molecule has 0 radical (unpaired) electrons. The fraction of sp³-hybridized carbons (Fsp3) is 0.257. The highest BCUT2D eigenvalue weighted by molar-refractivity contribution is 7.92. The predicted molar refractivity (Wildman–Crippen MR) is 173 cm³/mol. The quantitative estimate of drug-likeness (QED) is 0.219. The smallest absolute Gasteiger partial charge is 0.264 e. The van der Waals surface area contributed by atoms with Gasteiger partial charge in [-0.3, -0.25) is 13.9 Å². The second kappa shape index (κ2) is 14.7. The van der Waals surface area contributed by atoms with Gasteiger partial charge in [-0.2, -0.15) is 0 Å². The topological polar surface area (TPSA) is 96.0 Å². The Bertz CT molecular complexity index is 1640. The molecule has 0 aliphatic heterocycles. The summed E-state index contributed by atoms with van der Waals surface area (Å²) in [5, 5.41) is 2.96. The minimum atomic E-state index is -4.14. The van der Waals surface area contributed by atoms with E-state index in [9.17, 15) is 18.0 Å². The molecule has 0 aromatic heterocycles. The average molecular weight is 614 g/mol. The Hall–Kier alpha value is -4.63. The molecule has 0 heterocycles. The van der Waals surface area contributed by atoms with Crippen molar-refractivity contribution in [1.29, 1.82) is 0 Å². The summed E-state index contributed by atoms with van der Waals surface area (Å²) in [4.78, 5) is 29.8. The number of anilines is 1. The molecule has 8 nitrogen and oxygen atoms in total. The predicted octanol–water partition coefficient (Wildman–Crippen LogP) is 5.36. The third kappa shape index (κ3) is 8.26. The number of hydrogen-bond donors (Lipinski definition) is 1. The Morgan fingerprint density at radius 2 is 1.43 bits per heavy atom. The summed E-state index contributed by atoms with van der Waals surface area (Å²) in [6, 6.07) is 30.6. The fourth-order valence-electron chi connectivity index (χ4n) is 4.86. The summed E-state index contributed by atoms with van der Waals surface area (Å²) in [6.45, 7) is 5.17. The molecule has 0 fully saturated rings. The minimum Gasteiger partial charge on any atom is -0.497 e. The first-order chi connectivity index (χ1) is 21.1. The number of nitrogens with one attached hydrogen (secondary N) is 1. The monoisotopic (exact) mass is 613 g/mol. The van der Waals surface area contributed by atoms with E-state index < -0.39 is 28.5 Å². The van der Waals surface area contributed by atoms with Crippen molar-refractivity contribution in [2.24, 2.45) is 0 Å². The Morgan fingerprint density at radius 3 is 2.05 bits per heavy atom. The number of hydrogen-bond acceptors (Lipinski definition) is 5. The third-order valence-electron chi connectivity index (χ3n) is 7.12. The maximum absolute atomic E-state index is 14.5. The van der Waals surface area contributed by atoms with Crippen molar-refractivity contribution in [2.75, 3.05) is 18.0 Å². The number of rotatable bonds is 13. The van der Waals surface area contributed by atoms with Crippen molar-refractivity contribution in [3.8, 4) is 5.75 Å². The Kier molecular flexibility index (Phi) is 10.8. The maximum atomic E-state index is 14.5. The van der Waals surface area contributed by atoms with Crippen LogP contribution in [0.4, 0.5) is 5.69 Å². The molecule has 230 valence electrons. The summed E-state index contributed by atoms with van der Waals surface area (Å²) in [7, 11) is -2.58. The molecule has 4 aromatic rings. The van der Waals surface area contributed by atoms with Crippen LogP contribution in [0, 0.1) is 6.92 Å². The van der Waals surface area contributed by atoms with Crippen LogP contribution in [0.3, 0.4) is 0 Å². The Labute approximate surface area is 260 Å². The van der Waals surface area contributed by atoms with Crippen molar-refractivity contribution in [2.45, 2.75) is 50.7 Å². The van der Waals surface area contributed by atoms with Crippen LogP contribution in [0.2, 0.25) is 0 Å². The normalized spacial score (nSPS) is 11.9. The molecule has 0 spiro atoms. The summed E-state index contributed by atoms with van der Waals surface area (Å²) >= 11 is 0. The number of ether oxygens (including phenoxy) is 1. The van der Waals surface area contributed by atoms with Gasteiger partial charge in [-0.25, -0.2) is 8.42 Å². The first kappa shape index (κ1) is 32.3. The van der Waals surface area contributed by atoms with Gasteiger partial charge in [-0.05, 0) is 68.3 Å². The number of amides is 2. The van der Waals surface area contributed by atoms with Gasteiger partial charge in [0.2, 0.25) is 11.8 Å². The highest BCUT2D eigenvalue weighted by atomic mass is 32.2. The van der Waals surface area contributed by atoms with E-state index in [1.54, 1.807) is 61.7 Å². The van der Waals surface area contributed by atoms with Crippen molar-refractivity contribution < 1.29 is 22.7 Å². The van der Waals surface area contributed by atoms with Crippen LogP contribution in [0.25, 0.3) is 0 Å². The average Bonchev–Trinajstić information content (AvgIpc) is 3.02. The molecular weight excluding hydrogens is 574 g/mol. The van der Waals surface area contributed by atoms with E-state index >= 15 is 0 Å². The van der Waals surface area contributed by atoms with Crippen molar-refractivity contribution in [1.82, 2.24) is 10.2 Å². The number of carbonyl (C=O) groups excluding carboxylic acids is 2. The van der Waals surface area contributed by atoms with Crippen LogP contribution in [0.1, 0.15) is 30.5 Å². The molecular formula is C35H39N3O5S. The van der Waals surface area contributed by atoms with Gasteiger partial charge >= 0.3 is 0 Å². The molecule has 1 N–H and O–H groups in total. The number of methoxy groups -OCH3 is 1. The van der Waals surface area contributed by atoms with E-state index in [1.807, 2.05) is 63.2 Å². The van der Waals surface area contributed by atoms with Crippen LogP contribution in [-0.2, 0) is 32.6 Å². The molecule has 0 saturated heterocycles. The van der Waals surface area contributed by atoms with Gasteiger partial charge in [0.15, 0.2) is 0 Å². The van der Waals surface area contributed by atoms with Crippen LogP contribution in [-0.4, -0.2) is 50.9 Å². The first-order valence-corrected chi connectivity index (χ1v) is 15.9. The summed E-state index contributed by atoms with van der Waals surface area (Å²) in [6.07, 6.45) is 0.241. The SMILES string of the molecule is COc1cccc(CN(C(=O)CN(c2ccc(C)cc2)S(=O)(=O)c2ccccc2)C(Cc2ccccc2)C(=O)NC(C)C)c1. The first-order valence-electron chi connectivity index (χ1n) is 14.5. The number of sulfonamides is 1. The van der Waals surface area contributed by atoms with E-state index in [2.05, 4.69) is 5.32 Å². The zero-order valence-electron chi connectivity index (χ0n) is 25.5. The lowest BCUT2D eigenvalue weighted by atomic mass is 10.0. The fourth-order valence-corrected chi connectivity index (χ4v) is 6.30. The zero-order chi connectivity index (χ0) is 31.7. The van der Waals surface area contributed by atoms with Gasteiger partial charge < -0.3 is 15.0 Å². The minimum absolute atomic E-state index is 0.0612. The highest BCUT2D eigenvalue weighted by Crippen LogP contribution is 2.26. The molecule has 0 bridgehead atoms. The molecule has 2 amide bonds. The molecule has 0 saturated carbocycles. The van der Waals surface area contributed by atoms with E-state index in [4.69, 9.17) is 4.74 Å². The van der Waals surface area contributed by atoms with Crippen LogP contribution < -0.4 is 14.4 Å². The number of aryl methyl sites for hydroxylation is 1. The lowest BCUT2D eigenvalue weighted by Gasteiger charge is -2.34. The van der Waals surface area contributed by atoms with Gasteiger partial charge in [0.05, 0.1) is 17.7 Å². The summed E-state index contributed by atoms with van der Waals surface area (Å²) in [5.74, 6) is -0.241. The van der Waals surface area contributed by atoms with Gasteiger partial charge in [-0.15, -0.1) is 0 Å². The summed E-state index contributed by atoms with van der Waals surface area (Å²) in [5.41, 5.74) is 2.90. The zero-order valence-corrected chi connectivity index (χ0v) is 26.3. The van der Waals surface area contributed by atoms with Gasteiger partial charge in [0.25, 0.3) is 10.0 Å². The van der Waals surface area contributed by atoms with Crippen LogP contribution in [0.5, 0.6) is 5.75 Å². The lowest BCUT2D eigenvalue weighted by molar-refractivity contribution is -0.140. The highest BCUT2D eigenvalue weighted by Gasteiger charge is 2.34. The van der Waals surface area contributed by atoms with Crippen molar-refractivity contribution in [3.05, 3.63) is 126 Å². The molecule has 0 aliphatic rings. The van der Waals surface area contributed by atoms with Gasteiger partial charge in [0.1, 0.15) is 18.3 Å². The Morgan fingerprint density at radius 1 is 0.818 bits per heavy atom. The van der Waals surface area contributed by atoms with Gasteiger partial charge in [0, 0.05) is 19.0 Å². The summed E-state index contributed by atoms with van der Waals surface area (Å²) < 4.78 is 34.6. The maximum Gasteiger partial charge on any atom is 0.264 e. The second-order valence-electron chi connectivity index (χ2n) is 10.9. The number of nitrogens with zero attached hydrogens (tertiary/aromatic N) is 2. The van der Waals surface area contributed by atoms with E-state index in [-0.39, 0.29) is 29.8 Å². The van der Waals surface area contributed by atoms with Crippen molar-refractivity contribution in [3.63, 3.8) is 0 Å². The molecule has 4 rings (SSSR count). The molecule has 9 heteroatoms. The van der Waals surface area contributed by atoms with E-state index in [1.165, 1.54) is 17.0 Å². The molecule has 1 unspecified atom stereocenters. The standard InChI is InChI=1S/C35H39N3O5S/c1-26(2)36-35(40)33(23-28-12-7-5-8-13-28)37(24-29-14-11-15-31(22-29)43-4)34(39)25-38(30-20-18-27(3)19-21-30)44(41,42)32-16-9-6-10-17-32/h5-22,26,33H,23-25H2,1-4H3,(H,36,40). The molecule has 44 heavy (non-hydrogen) atoms.